The van der Waals surface area contributed by atoms with Crippen molar-refractivity contribution in [3.8, 4) is 6.07 Å². The normalized spacial score (nSPS) is 12.1. The van der Waals surface area contributed by atoms with E-state index in [1.807, 2.05) is 13.0 Å². The van der Waals surface area contributed by atoms with Gasteiger partial charge in [-0.05, 0) is 18.0 Å². The first-order valence-corrected chi connectivity index (χ1v) is 4.41. The molecule has 0 aliphatic carbocycles. The molecular weight excluding hydrogens is 178 g/mol. The highest BCUT2D eigenvalue weighted by atomic mass is 16.1. The van der Waals surface area contributed by atoms with E-state index in [2.05, 4.69) is 0 Å². The average molecular weight is 191 g/mol. The van der Waals surface area contributed by atoms with Crippen LogP contribution in [0.2, 0.25) is 0 Å². The van der Waals surface area contributed by atoms with Crippen molar-refractivity contribution in [3.05, 3.63) is 33.7 Å². The molecule has 14 heavy (non-hydrogen) atoms. The van der Waals surface area contributed by atoms with E-state index in [0.29, 0.717) is 12.1 Å². The van der Waals surface area contributed by atoms with Crippen molar-refractivity contribution >= 4 is 0 Å². The van der Waals surface area contributed by atoms with Crippen molar-refractivity contribution in [2.75, 3.05) is 6.54 Å². The number of hydrogen-bond donors (Lipinski definition) is 1. The molecule has 4 nitrogen and oxygen atoms in total. The summed E-state index contributed by atoms with van der Waals surface area (Å²) in [5.74, 6) is 0.0939. The minimum Gasteiger partial charge on any atom is -0.330 e. The molecule has 1 heterocycles. The van der Waals surface area contributed by atoms with Crippen LogP contribution in [0.1, 0.15) is 24.0 Å². The Hall–Kier alpha value is -1.60. The Kier molecular flexibility index (Phi) is 3.05. The topological polar surface area (TPSA) is 71.8 Å². The quantitative estimate of drug-likeness (QED) is 0.731. The smallest absolute Gasteiger partial charge is 0.251 e. The Morgan fingerprint density at radius 2 is 2.36 bits per heavy atom. The number of aromatic nitrogens is 1. The first kappa shape index (κ1) is 10.5. The Morgan fingerprint density at radius 3 is 2.86 bits per heavy atom. The number of nitrogens with two attached hydrogens (primary N) is 1. The summed E-state index contributed by atoms with van der Waals surface area (Å²) in [6, 6.07) is 3.36. The van der Waals surface area contributed by atoms with Crippen molar-refractivity contribution in [2.45, 2.75) is 12.8 Å². The fourth-order valence-corrected chi connectivity index (χ4v) is 1.27. The first-order valence-electron chi connectivity index (χ1n) is 4.41. The van der Waals surface area contributed by atoms with E-state index in [0.717, 1.165) is 5.56 Å². The number of hydrogen-bond acceptors (Lipinski definition) is 3. The molecule has 0 radical (unpaired) electrons. The second-order valence-corrected chi connectivity index (χ2v) is 3.34. The van der Waals surface area contributed by atoms with Gasteiger partial charge in [0.25, 0.3) is 5.56 Å². The van der Waals surface area contributed by atoms with Crippen molar-refractivity contribution in [2.24, 2.45) is 12.8 Å². The van der Waals surface area contributed by atoms with E-state index in [-0.39, 0.29) is 11.5 Å². The molecule has 2 N–H and O–H groups in total. The zero-order valence-electron chi connectivity index (χ0n) is 8.32. The lowest BCUT2D eigenvalue weighted by Gasteiger charge is -2.11. The summed E-state index contributed by atoms with van der Waals surface area (Å²) in [6.07, 6.45) is 1.68. The third-order valence-corrected chi connectivity index (χ3v) is 2.26. The molecule has 0 aromatic carbocycles. The summed E-state index contributed by atoms with van der Waals surface area (Å²) in [5.41, 5.74) is 6.60. The molecule has 0 saturated carbocycles. The molecule has 0 bridgehead atoms. The SMILES string of the molecule is CC(CN)c1cn(C)c(=O)cc1C#N. The molecule has 0 amide bonds. The van der Waals surface area contributed by atoms with Crippen molar-refractivity contribution in [1.82, 2.24) is 4.57 Å². The summed E-state index contributed by atoms with van der Waals surface area (Å²) in [7, 11) is 1.66. The lowest BCUT2D eigenvalue weighted by molar-refractivity contribution is 0.741. The van der Waals surface area contributed by atoms with Crippen LogP contribution >= 0.6 is 0 Å². The van der Waals surface area contributed by atoms with Gasteiger partial charge in [0.05, 0.1) is 11.6 Å². The van der Waals surface area contributed by atoms with Gasteiger partial charge >= 0.3 is 0 Å². The van der Waals surface area contributed by atoms with Crippen LogP contribution in [0.25, 0.3) is 0 Å². The molecule has 1 rings (SSSR count). The van der Waals surface area contributed by atoms with Crippen LogP contribution < -0.4 is 11.3 Å². The van der Waals surface area contributed by atoms with Crippen molar-refractivity contribution in [1.29, 1.82) is 5.26 Å². The lowest BCUT2D eigenvalue weighted by Crippen LogP contribution is -2.20. The molecule has 1 aromatic rings. The number of pyridine rings is 1. The van der Waals surface area contributed by atoms with Crippen LogP contribution in [0.3, 0.4) is 0 Å². The minimum atomic E-state index is -0.172. The third kappa shape index (κ3) is 1.83. The summed E-state index contributed by atoms with van der Waals surface area (Å²) < 4.78 is 1.46. The van der Waals surface area contributed by atoms with Gasteiger partial charge < -0.3 is 10.3 Å². The molecule has 0 aliphatic rings. The zero-order chi connectivity index (χ0) is 10.7. The Bertz CT molecular complexity index is 428. The molecule has 4 heteroatoms. The molecule has 1 atom stereocenters. The maximum atomic E-state index is 11.2. The van der Waals surface area contributed by atoms with E-state index < -0.39 is 0 Å². The average Bonchev–Trinajstić information content (AvgIpc) is 2.20. The van der Waals surface area contributed by atoms with Gasteiger partial charge in [0.1, 0.15) is 0 Å². The molecule has 0 aliphatic heterocycles. The third-order valence-electron chi connectivity index (χ3n) is 2.26. The van der Waals surface area contributed by atoms with Crippen LogP contribution in [-0.2, 0) is 7.05 Å². The first-order chi connectivity index (χ1) is 6.60. The Labute approximate surface area is 82.6 Å². The number of nitrogens with zero attached hydrogens (tertiary/aromatic N) is 2. The summed E-state index contributed by atoms with van der Waals surface area (Å²) >= 11 is 0. The van der Waals surface area contributed by atoms with Crippen LogP contribution in [0.15, 0.2) is 17.1 Å². The van der Waals surface area contributed by atoms with Gasteiger partial charge in [-0.15, -0.1) is 0 Å². The van der Waals surface area contributed by atoms with Gasteiger partial charge in [0, 0.05) is 19.3 Å². The second-order valence-electron chi connectivity index (χ2n) is 3.34. The van der Waals surface area contributed by atoms with Gasteiger partial charge in [-0.2, -0.15) is 5.26 Å². The van der Waals surface area contributed by atoms with E-state index in [1.165, 1.54) is 10.6 Å². The Morgan fingerprint density at radius 1 is 1.71 bits per heavy atom. The predicted octanol–water partition coefficient (Wildman–Crippen LogP) is 0.319. The van der Waals surface area contributed by atoms with Crippen LogP contribution in [0, 0.1) is 11.3 Å². The largest absolute Gasteiger partial charge is 0.330 e. The molecule has 0 saturated heterocycles. The summed E-state index contributed by atoms with van der Waals surface area (Å²) in [4.78, 5) is 11.2. The monoisotopic (exact) mass is 191 g/mol. The number of nitriles is 1. The molecule has 0 spiro atoms. The van der Waals surface area contributed by atoms with Crippen molar-refractivity contribution < 1.29 is 0 Å². The summed E-state index contributed by atoms with van der Waals surface area (Å²) in [5, 5.41) is 8.84. The summed E-state index contributed by atoms with van der Waals surface area (Å²) in [6.45, 7) is 2.40. The van der Waals surface area contributed by atoms with Crippen LogP contribution in [0.5, 0.6) is 0 Å². The predicted molar refractivity (Wildman–Crippen MR) is 53.9 cm³/mol. The highest BCUT2D eigenvalue weighted by Crippen LogP contribution is 2.15. The van der Waals surface area contributed by atoms with Crippen LogP contribution in [0.4, 0.5) is 0 Å². The maximum Gasteiger partial charge on any atom is 0.251 e. The molecule has 1 aromatic heterocycles. The second kappa shape index (κ2) is 4.07. The van der Waals surface area contributed by atoms with Gasteiger partial charge in [0.2, 0.25) is 0 Å². The van der Waals surface area contributed by atoms with Crippen LogP contribution in [-0.4, -0.2) is 11.1 Å². The number of aryl methyl sites for hydroxylation is 1. The number of rotatable bonds is 2. The van der Waals surface area contributed by atoms with Crippen molar-refractivity contribution in [3.63, 3.8) is 0 Å². The fourth-order valence-electron chi connectivity index (χ4n) is 1.27. The Balaban J connectivity index is 3.36. The van der Waals surface area contributed by atoms with E-state index in [1.54, 1.807) is 13.2 Å². The molecular formula is C10H13N3O. The van der Waals surface area contributed by atoms with E-state index >= 15 is 0 Å². The lowest BCUT2D eigenvalue weighted by atomic mass is 9.98. The van der Waals surface area contributed by atoms with Gasteiger partial charge in [0.15, 0.2) is 0 Å². The van der Waals surface area contributed by atoms with Gasteiger partial charge in [-0.3, -0.25) is 4.79 Å². The van der Waals surface area contributed by atoms with E-state index in [4.69, 9.17) is 11.0 Å². The van der Waals surface area contributed by atoms with Gasteiger partial charge in [-0.25, -0.2) is 0 Å². The van der Waals surface area contributed by atoms with Gasteiger partial charge in [-0.1, -0.05) is 6.92 Å². The molecule has 0 fully saturated rings. The standard InChI is InChI=1S/C10H13N3O/c1-7(4-11)9-6-13(2)10(14)3-8(9)5-12/h3,6-7H,4,11H2,1-2H3. The minimum absolute atomic E-state index is 0.0939. The fraction of sp³-hybridized carbons (Fsp3) is 0.400. The highest BCUT2D eigenvalue weighted by Gasteiger charge is 2.10. The molecule has 1 unspecified atom stereocenters. The van der Waals surface area contributed by atoms with E-state index in [9.17, 15) is 4.79 Å². The zero-order valence-corrected chi connectivity index (χ0v) is 8.32. The maximum absolute atomic E-state index is 11.2. The highest BCUT2D eigenvalue weighted by molar-refractivity contribution is 5.37. The molecule has 74 valence electrons.